The second kappa shape index (κ2) is 7.84. The maximum absolute atomic E-state index is 12.5. The minimum absolute atomic E-state index is 0.0457. The molecule has 1 fully saturated rings. The molecule has 2 aliphatic heterocycles. The van der Waals surface area contributed by atoms with Gasteiger partial charge in [-0.3, -0.25) is 4.79 Å². The van der Waals surface area contributed by atoms with Crippen LogP contribution in [-0.2, 0) is 6.54 Å². The number of aromatic nitrogens is 1. The summed E-state index contributed by atoms with van der Waals surface area (Å²) < 4.78 is 12.1. The highest BCUT2D eigenvalue weighted by Gasteiger charge is 2.35. The van der Waals surface area contributed by atoms with Crippen molar-refractivity contribution in [1.82, 2.24) is 14.8 Å². The second-order valence-electron chi connectivity index (χ2n) is 8.22. The number of para-hydroxylation sites is 1. The molecule has 1 saturated heterocycles. The van der Waals surface area contributed by atoms with Gasteiger partial charge in [0.15, 0.2) is 0 Å². The molecule has 2 aromatic heterocycles. The Morgan fingerprint density at radius 3 is 2.78 bits per heavy atom. The van der Waals surface area contributed by atoms with Gasteiger partial charge in [0.2, 0.25) is 0 Å². The Hall–Kier alpha value is -3.58. The lowest BCUT2D eigenvalue weighted by Crippen LogP contribution is -2.30. The van der Waals surface area contributed by atoms with E-state index in [1.54, 1.807) is 23.7 Å². The van der Waals surface area contributed by atoms with Crippen molar-refractivity contribution in [2.24, 2.45) is 5.92 Å². The summed E-state index contributed by atoms with van der Waals surface area (Å²) in [5.41, 5.74) is 4.14. The van der Waals surface area contributed by atoms with Crippen LogP contribution in [0.25, 0.3) is 10.2 Å². The fraction of sp³-hybridized carbons (Fsp3) is 0.200. The molecule has 2 aliphatic rings. The zero-order valence-corrected chi connectivity index (χ0v) is 18.1. The van der Waals surface area contributed by atoms with E-state index in [1.807, 2.05) is 35.2 Å². The highest BCUT2D eigenvalue weighted by atomic mass is 32.1. The van der Waals surface area contributed by atoms with Crippen molar-refractivity contribution < 1.29 is 13.9 Å². The topological polar surface area (TPSA) is 58.8 Å². The van der Waals surface area contributed by atoms with E-state index in [1.165, 1.54) is 17.4 Å². The van der Waals surface area contributed by atoms with Gasteiger partial charge in [-0.25, -0.2) is 4.98 Å². The van der Waals surface area contributed by atoms with Crippen LogP contribution >= 0.6 is 11.3 Å². The fourth-order valence-corrected chi connectivity index (χ4v) is 5.25. The second-order valence-corrected chi connectivity index (χ2v) is 9.21. The van der Waals surface area contributed by atoms with Crippen molar-refractivity contribution in [2.75, 3.05) is 19.6 Å². The highest BCUT2D eigenvalue weighted by Crippen LogP contribution is 2.33. The average Bonchev–Trinajstić information content (AvgIpc) is 3.58. The molecule has 7 heteroatoms. The summed E-state index contributed by atoms with van der Waals surface area (Å²) in [6.45, 7) is 3.24. The predicted octanol–water partition coefficient (Wildman–Crippen LogP) is 5.15. The number of fused-ring (bicyclic) bond motifs is 2. The lowest BCUT2D eigenvalue weighted by atomic mass is 10.1. The van der Waals surface area contributed by atoms with Crippen LogP contribution in [-0.4, -0.2) is 40.3 Å². The quantitative estimate of drug-likeness (QED) is 0.427. The lowest BCUT2D eigenvalue weighted by molar-refractivity contribution is 0.0784. The molecule has 32 heavy (non-hydrogen) atoms. The molecular weight excluding hydrogens is 422 g/mol. The molecule has 1 amide bonds. The number of hydrogen-bond acceptors (Lipinski definition) is 6. The fourth-order valence-electron chi connectivity index (χ4n) is 4.42. The smallest absolute Gasteiger partial charge is 0.279 e. The van der Waals surface area contributed by atoms with E-state index in [0.717, 1.165) is 35.6 Å². The van der Waals surface area contributed by atoms with Crippen molar-refractivity contribution in [3.63, 3.8) is 0 Å². The minimum atomic E-state index is 0.0457. The van der Waals surface area contributed by atoms with Gasteiger partial charge in [0, 0.05) is 38.3 Å². The van der Waals surface area contributed by atoms with Crippen molar-refractivity contribution in [3.05, 3.63) is 90.0 Å². The van der Waals surface area contributed by atoms with E-state index < -0.39 is 0 Å². The molecule has 0 bridgehead atoms. The normalized spacial score (nSPS) is 17.6. The van der Waals surface area contributed by atoms with Gasteiger partial charge >= 0.3 is 0 Å². The number of furan rings is 1. The minimum Gasteiger partial charge on any atom is -0.472 e. The largest absolute Gasteiger partial charge is 0.472 e. The molecule has 0 saturated carbocycles. The Morgan fingerprint density at radius 1 is 1.12 bits per heavy atom. The number of thiazole rings is 1. The molecule has 6 nitrogen and oxygen atoms in total. The van der Waals surface area contributed by atoms with E-state index in [2.05, 4.69) is 34.3 Å². The molecule has 160 valence electrons. The van der Waals surface area contributed by atoms with Crippen LogP contribution < -0.4 is 4.74 Å². The summed E-state index contributed by atoms with van der Waals surface area (Å²) in [7, 11) is 0. The Morgan fingerprint density at radius 2 is 2.00 bits per heavy atom. The summed E-state index contributed by atoms with van der Waals surface area (Å²) in [6.07, 6.45) is 5.28. The first-order chi connectivity index (χ1) is 15.7. The van der Waals surface area contributed by atoms with Gasteiger partial charge in [0.05, 0.1) is 22.0 Å². The Bertz CT molecular complexity index is 1260. The maximum atomic E-state index is 12.5. The zero-order chi connectivity index (χ0) is 21.5. The first-order valence-corrected chi connectivity index (χ1v) is 11.4. The molecule has 2 aromatic carbocycles. The SMILES string of the molecule is O=C(c1ccoc1)N1CC2=CN(Cc3ccc(Oc4nc5ccccc5s4)cc3)CC2C1. The van der Waals surface area contributed by atoms with Gasteiger partial charge in [-0.1, -0.05) is 35.6 Å². The van der Waals surface area contributed by atoms with Crippen LogP contribution in [0.15, 0.2) is 83.3 Å². The Kier molecular flexibility index (Phi) is 4.69. The van der Waals surface area contributed by atoms with Gasteiger partial charge in [-0.2, -0.15) is 0 Å². The van der Waals surface area contributed by atoms with Gasteiger partial charge in [0.1, 0.15) is 12.0 Å². The molecule has 1 unspecified atom stereocenters. The number of carbonyl (C=O) groups excluding carboxylic acids is 1. The Balaban J connectivity index is 1.07. The first kappa shape index (κ1) is 19.1. The maximum Gasteiger partial charge on any atom is 0.279 e. The van der Waals surface area contributed by atoms with E-state index in [0.29, 0.717) is 23.2 Å². The number of amides is 1. The van der Waals surface area contributed by atoms with Gasteiger partial charge < -0.3 is 19.0 Å². The van der Waals surface area contributed by atoms with Crippen molar-refractivity contribution in [1.29, 1.82) is 0 Å². The summed E-state index contributed by atoms with van der Waals surface area (Å²) in [5.74, 6) is 1.25. The van der Waals surface area contributed by atoms with E-state index in [9.17, 15) is 4.79 Å². The molecule has 0 aliphatic carbocycles. The summed E-state index contributed by atoms with van der Waals surface area (Å²) in [6, 6.07) is 18.0. The molecule has 4 heterocycles. The van der Waals surface area contributed by atoms with Crippen LogP contribution in [0.4, 0.5) is 0 Å². The third kappa shape index (κ3) is 3.65. The lowest BCUT2D eigenvalue weighted by Gasteiger charge is -2.20. The van der Waals surface area contributed by atoms with E-state index in [4.69, 9.17) is 9.15 Å². The molecule has 0 spiro atoms. The molecule has 6 rings (SSSR count). The van der Waals surface area contributed by atoms with Crippen molar-refractivity contribution >= 4 is 27.5 Å². The first-order valence-electron chi connectivity index (χ1n) is 10.6. The molecule has 1 atom stereocenters. The van der Waals surface area contributed by atoms with Crippen LogP contribution in [0.1, 0.15) is 15.9 Å². The summed E-state index contributed by atoms with van der Waals surface area (Å²) in [4.78, 5) is 21.3. The molecule has 0 N–H and O–H groups in total. The van der Waals surface area contributed by atoms with Crippen molar-refractivity contribution in [2.45, 2.75) is 6.54 Å². The number of carbonyl (C=O) groups is 1. The molecule has 0 radical (unpaired) electrons. The Labute approximate surface area is 189 Å². The number of nitrogens with zero attached hydrogens (tertiary/aromatic N) is 3. The van der Waals surface area contributed by atoms with Crippen LogP contribution in [0.5, 0.6) is 10.9 Å². The molecular formula is C25H21N3O3S. The average molecular weight is 444 g/mol. The summed E-state index contributed by atoms with van der Waals surface area (Å²) in [5, 5.41) is 0.658. The number of rotatable bonds is 5. The van der Waals surface area contributed by atoms with Crippen LogP contribution in [0, 0.1) is 5.92 Å². The third-order valence-corrected chi connectivity index (χ3v) is 6.90. The van der Waals surface area contributed by atoms with E-state index >= 15 is 0 Å². The van der Waals surface area contributed by atoms with Gasteiger partial charge in [-0.15, -0.1) is 0 Å². The zero-order valence-electron chi connectivity index (χ0n) is 17.3. The van der Waals surface area contributed by atoms with Crippen LogP contribution in [0.2, 0.25) is 0 Å². The number of benzene rings is 2. The van der Waals surface area contributed by atoms with E-state index in [-0.39, 0.29) is 5.91 Å². The molecule has 4 aromatic rings. The van der Waals surface area contributed by atoms with Crippen molar-refractivity contribution in [3.8, 4) is 10.9 Å². The predicted molar refractivity (Wildman–Crippen MR) is 123 cm³/mol. The third-order valence-electron chi connectivity index (χ3n) is 5.99. The number of likely N-dealkylation sites (tertiary alicyclic amines) is 1. The highest BCUT2D eigenvalue weighted by molar-refractivity contribution is 7.20. The number of hydrogen-bond donors (Lipinski definition) is 0. The summed E-state index contributed by atoms with van der Waals surface area (Å²) >= 11 is 1.55. The van der Waals surface area contributed by atoms with Gasteiger partial charge in [-0.05, 0) is 41.5 Å². The van der Waals surface area contributed by atoms with Gasteiger partial charge in [0.25, 0.3) is 11.1 Å². The standard InChI is InChI=1S/C25H21N3O3S/c29-24(18-9-10-30-16-18)28-14-19-12-27(13-20(19)15-28)11-17-5-7-21(8-6-17)31-25-26-22-3-1-2-4-23(22)32-25/h1-10,12,16,20H,11,13-15H2. The van der Waals surface area contributed by atoms with Crippen LogP contribution in [0.3, 0.4) is 0 Å². The monoisotopic (exact) mass is 443 g/mol. The number of ether oxygens (including phenoxy) is 1.